The molecule has 0 amide bonds. The molecule has 1 aliphatic heterocycles. The molecule has 1 unspecified atom stereocenters. The van der Waals surface area contributed by atoms with Crippen molar-refractivity contribution in [2.24, 2.45) is 0 Å². The highest BCUT2D eigenvalue weighted by Crippen LogP contribution is 2.34. The molecule has 2 heterocycles. The fraction of sp³-hybridized carbons (Fsp3) is 0.118. The highest BCUT2D eigenvalue weighted by atomic mass is 14.9. The molecule has 0 aliphatic carbocycles. The summed E-state index contributed by atoms with van der Waals surface area (Å²) in [6.07, 6.45) is 3.80. The number of benzene rings is 2. The van der Waals surface area contributed by atoms with Crippen LogP contribution in [0.4, 0.5) is 0 Å². The average molecular weight is 246 g/mol. The molecule has 0 radical (unpaired) electrons. The highest BCUT2D eigenvalue weighted by molar-refractivity contribution is 5.85. The fourth-order valence-corrected chi connectivity index (χ4v) is 2.98. The van der Waals surface area contributed by atoms with E-state index in [0.29, 0.717) is 6.04 Å². The van der Waals surface area contributed by atoms with Crippen molar-refractivity contribution in [1.29, 1.82) is 0 Å². The normalized spacial score (nSPS) is 17.6. The monoisotopic (exact) mass is 246 g/mol. The Balaban J connectivity index is 1.93. The van der Waals surface area contributed by atoms with Crippen LogP contribution in [0, 0.1) is 0 Å². The first-order chi connectivity index (χ1) is 9.43. The molecule has 0 saturated carbocycles. The van der Waals surface area contributed by atoms with Gasteiger partial charge in [-0.25, -0.2) is 0 Å². The molecule has 2 heteroatoms. The maximum atomic E-state index is 4.20. The molecule has 0 saturated heterocycles. The number of fused-ring (bicyclic) bond motifs is 2. The van der Waals surface area contributed by atoms with E-state index in [9.17, 15) is 0 Å². The maximum Gasteiger partial charge on any atom is 0.0588 e. The van der Waals surface area contributed by atoms with E-state index in [0.717, 1.165) is 6.54 Å². The fourth-order valence-electron chi connectivity index (χ4n) is 2.98. The molecule has 1 aliphatic rings. The predicted molar refractivity (Wildman–Crippen MR) is 76.9 cm³/mol. The third-order valence-electron chi connectivity index (χ3n) is 3.89. The predicted octanol–water partition coefficient (Wildman–Crippen LogP) is 3.43. The summed E-state index contributed by atoms with van der Waals surface area (Å²) in [7, 11) is 0. The highest BCUT2D eigenvalue weighted by Gasteiger charge is 2.23. The third-order valence-corrected chi connectivity index (χ3v) is 3.89. The molecule has 0 bridgehead atoms. The van der Waals surface area contributed by atoms with E-state index in [1.807, 2.05) is 12.4 Å². The Morgan fingerprint density at radius 1 is 0.947 bits per heavy atom. The minimum atomic E-state index is 0.294. The minimum Gasteiger partial charge on any atom is -0.302 e. The van der Waals surface area contributed by atoms with Crippen LogP contribution in [0.25, 0.3) is 10.8 Å². The summed E-state index contributed by atoms with van der Waals surface area (Å²) >= 11 is 0. The van der Waals surface area contributed by atoms with Crippen molar-refractivity contribution in [3.05, 3.63) is 77.6 Å². The molecule has 2 aromatic carbocycles. The molecular weight excluding hydrogens is 232 g/mol. The van der Waals surface area contributed by atoms with Crippen LogP contribution in [0.2, 0.25) is 0 Å². The number of aromatic nitrogens is 1. The Hall–Kier alpha value is -2.19. The van der Waals surface area contributed by atoms with Crippen molar-refractivity contribution >= 4 is 10.8 Å². The minimum absolute atomic E-state index is 0.294. The second-order valence-corrected chi connectivity index (χ2v) is 4.96. The van der Waals surface area contributed by atoms with Gasteiger partial charge in [-0.15, -0.1) is 0 Å². The molecule has 4 rings (SSSR count). The smallest absolute Gasteiger partial charge is 0.0588 e. The summed E-state index contributed by atoms with van der Waals surface area (Å²) < 4.78 is 0. The Morgan fingerprint density at radius 2 is 1.84 bits per heavy atom. The lowest BCUT2D eigenvalue weighted by Crippen LogP contribution is -2.13. The first-order valence-corrected chi connectivity index (χ1v) is 6.57. The second kappa shape index (κ2) is 4.18. The SMILES string of the molecule is c1ccc2c(c1)CNC2c1cccc2cnccc12. The van der Waals surface area contributed by atoms with E-state index in [1.165, 1.54) is 27.5 Å². The molecule has 19 heavy (non-hydrogen) atoms. The standard InChI is InChI=1S/C17H14N2/c1-2-6-15-13(4-1)11-19-17(15)16-7-3-5-12-10-18-9-8-14(12)16/h1-10,17,19H,11H2. The summed E-state index contributed by atoms with van der Waals surface area (Å²) in [4.78, 5) is 4.20. The zero-order valence-corrected chi connectivity index (χ0v) is 10.5. The van der Waals surface area contributed by atoms with Crippen LogP contribution in [0.1, 0.15) is 22.7 Å². The van der Waals surface area contributed by atoms with Gasteiger partial charge in [0.25, 0.3) is 0 Å². The second-order valence-electron chi connectivity index (χ2n) is 4.96. The summed E-state index contributed by atoms with van der Waals surface area (Å²) in [5.74, 6) is 0. The van der Waals surface area contributed by atoms with Crippen molar-refractivity contribution < 1.29 is 0 Å². The van der Waals surface area contributed by atoms with Crippen LogP contribution in [-0.2, 0) is 6.54 Å². The number of nitrogens with one attached hydrogen (secondary N) is 1. The van der Waals surface area contributed by atoms with Gasteiger partial charge in [-0.2, -0.15) is 0 Å². The van der Waals surface area contributed by atoms with Gasteiger partial charge < -0.3 is 5.32 Å². The Morgan fingerprint density at radius 3 is 2.84 bits per heavy atom. The van der Waals surface area contributed by atoms with Gasteiger partial charge in [0.2, 0.25) is 0 Å². The Kier molecular flexibility index (Phi) is 2.35. The molecule has 3 aromatic rings. The van der Waals surface area contributed by atoms with Gasteiger partial charge in [0.15, 0.2) is 0 Å². The van der Waals surface area contributed by atoms with Crippen molar-refractivity contribution in [1.82, 2.24) is 10.3 Å². The molecule has 1 N–H and O–H groups in total. The molecule has 0 spiro atoms. The average Bonchev–Trinajstić information content (AvgIpc) is 2.90. The van der Waals surface area contributed by atoms with Crippen LogP contribution in [0.3, 0.4) is 0 Å². The number of nitrogens with zero attached hydrogens (tertiary/aromatic N) is 1. The molecule has 1 aromatic heterocycles. The van der Waals surface area contributed by atoms with Gasteiger partial charge in [0, 0.05) is 24.3 Å². The quantitative estimate of drug-likeness (QED) is 0.711. The van der Waals surface area contributed by atoms with Gasteiger partial charge in [-0.05, 0) is 28.1 Å². The van der Waals surface area contributed by atoms with Crippen LogP contribution >= 0.6 is 0 Å². The number of pyridine rings is 1. The number of hydrogen-bond acceptors (Lipinski definition) is 2. The first-order valence-electron chi connectivity index (χ1n) is 6.57. The Labute approximate surface area is 112 Å². The van der Waals surface area contributed by atoms with E-state index in [4.69, 9.17) is 0 Å². The Bertz CT molecular complexity index is 744. The van der Waals surface area contributed by atoms with Gasteiger partial charge in [0.05, 0.1) is 6.04 Å². The zero-order chi connectivity index (χ0) is 12.7. The van der Waals surface area contributed by atoms with Crippen molar-refractivity contribution in [3.8, 4) is 0 Å². The first kappa shape index (κ1) is 10.7. The molecule has 1 atom stereocenters. The summed E-state index contributed by atoms with van der Waals surface area (Å²) in [5.41, 5.74) is 4.13. The van der Waals surface area contributed by atoms with Crippen LogP contribution in [0.15, 0.2) is 60.9 Å². The van der Waals surface area contributed by atoms with Gasteiger partial charge in [-0.3, -0.25) is 4.98 Å². The van der Waals surface area contributed by atoms with Crippen LogP contribution < -0.4 is 5.32 Å². The van der Waals surface area contributed by atoms with Gasteiger partial charge in [-0.1, -0.05) is 42.5 Å². The van der Waals surface area contributed by atoms with Crippen molar-refractivity contribution in [3.63, 3.8) is 0 Å². The van der Waals surface area contributed by atoms with E-state index in [2.05, 4.69) is 58.8 Å². The maximum absolute atomic E-state index is 4.20. The van der Waals surface area contributed by atoms with Crippen LogP contribution in [-0.4, -0.2) is 4.98 Å². The molecule has 2 nitrogen and oxygen atoms in total. The topological polar surface area (TPSA) is 24.9 Å². The van der Waals surface area contributed by atoms with E-state index in [1.54, 1.807) is 0 Å². The van der Waals surface area contributed by atoms with E-state index >= 15 is 0 Å². The molecular formula is C17H14N2. The number of rotatable bonds is 1. The lowest BCUT2D eigenvalue weighted by molar-refractivity contribution is 0.671. The molecule has 92 valence electrons. The largest absolute Gasteiger partial charge is 0.302 e. The van der Waals surface area contributed by atoms with Gasteiger partial charge in [0.1, 0.15) is 0 Å². The number of hydrogen-bond donors (Lipinski definition) is 1. The summed E-state index contributed by atoms with van der Waals surface area (Å²) in [6.45, 7) is 0.947. The van der Waals surface area contributed by atoms with E-state index < -0.39 is 0 Å². The van der Waals surface area contributed by atoms with E-state index in [-0.39, 0.29) is 0 Å². The van der Waals surface area contributed by atoms with Crippen LogP contribution in [0.5, 0.6) is 0 Å². The van der Waals surface area contributed by atoms with Crippen molar-refractivity contribution in [2.45, 2.75) is 12.6 Å². The lowest BCUT2D eigenvalue weighted by atomic mass is 9.95. The third kappa shape index (κ3) is 1.65. The van der Waals surface area contributed by atoms with Gasteiger partial charge >= 0.3 is 0 Å². The molecule has 0 fully saturated rings. The van der Waals surface area contributed by atoms with Crippen molar-refractivity contribution in [2.75, 3.05) is 0 Å². The lowest BCUT2D eigenvalue weighted by Gasteiger charge is -2.15. The summed E-state index contributed by atoms with van der Waals surface area (Å²) in [6, 6.07) is 17.5. The zero-order valence-electron chi connectivity index (χ0n) is 10.5. The summed E-state index contributed by atoms with van der Waals surface area (Å²) in [5, 5.41) is 6.09.